The average Bonchev–Trinajstić information content (AvgIpc) is 2.87. The molecule has 0 bridgehead atoms. The van der Waals surface area contributed by atoms with Gasteiger partial charge in [-0.1, -0.05) is 6.07 Å². The molecule has 0 saturated heterocycles. The predicted octanol–water partition coefficient (Wildman–Crippen LogP) is 1.41. The van der Waals surface area contributed by atoms with Crippen LogP contribution in [0.4, 0.5) is 4.39 Å². The molecule has 0 unspecified atom stereocenters. The lowest BCUT2D eigenvalue weighted by Crippen LogP contribution is -2.08. The lowest BCUT2D eigenvalue weighted by atomic mass is 10.2. The van der Waals surface area contributed by atoms with Crippen LogP contribution in [0.1, 0.15) is 5.82 Å². The van der Waals surface area contributed by atoms with E-state index in [2.05, 4.69) is 15.1 Å². The Morgan fingerprint density at radius 2 is 2.17 bits per heavy atom. The summed E-state index contributed by atoms with van der Waals surface area (Å²) in [5.74, 6) is 0.194. The highest BCUT2D eigenvalue weighted by Crippen LogP contribution is 2.20. The van der Waals surface area contributed by atoms with Crippen molar-refractivity contribution in [1.29, 1.82) is 0 Å². The number of fused-ring (bicyclic) bond motifs is 1. The summed E-state index contributed by atoms with van der Waals surface area (Å²) in [4.78, 5) is 8.01. The van der Waals surface area contributed by atoms with Gasteiger partial charge in [0, 0.05) is 17.6 Å². The highest BCUT2D eigenvalue weighted by molar-refractivity contribution is 5.81. The van der Waals surface area contributed by atoms with Gasteiger partial charge in [-0.3, -0.25) is 4.98 Å². The molecule has 0 saturated carbocycles. The highest BCUT2D eigenvalue weighted by Gasteiger charge is 2.09. The Morgan fingerprint density at radius 3 is 3.00 bits per heavy atom. The Balaban J connectivity index is 2.25. The standard InChI is InChI=1S/C12H10FN5/c13-10-5-9(18-11(6-14)16-7-17-18)4-8-2-1-3-15-12(8)10/h1-5,7H,6,14H2. The Kier molecular flexibility index (Phi) is 2.49. The monoisotopic (exact) mass is 243 g/mol. The normalized spacial score (nSPS) is 11.0. The molecule has 0 aliphatic rings. The van der Waals surface area contributed by atoms with Crippen molar-refractivity contribution in [3.63, 3.8) is 0 Å². The molecule has 18 heavy (non-hydrogen) atoms. The van der Waals surface area contributed by atoms with Crippen LogP contribution in [-0.2, 0) is 6.54 Å². The highest BCUT2D eigenvalue weighted by atomic mass is 19.1. The second-order valence-electron chi connectivity index (χ2n) is 3.79. The summed E-state index contributed by atoms with van der Waals surface area (Å²) in [5, 5.41) is 4.76. The van der Waals surface area contributed by atoms with E-state index in [0.717, 1.165) is 0 Å². The molecule has 0 fully saturated rings. The Morgan fingerprint density at radius 1 is 1.28 bits per heavy atom. The van der Waals surface area contributed by atoms with Crippen molar-refractivity contribution in [1.82, 2.24) is 19.7 Å². The van der Waals surface area contributed by atoms with Gasteiger partial charge in [0.25, 0.3) is 0 Å². The van der Waals surface area contributed by atoms with Gasteiger partial charge in [-0.25, -0.2) is 14.1 Å². The summed E-state index contributed by atoms with van der Waals surface area (Å²) in [6.45, 7) is 0.243. The van der Waals surface area contributed by atoms with E-state index in [1.54, 1.807) is 24.4 Å². The molecule has 2 N–H and O–H groups in total. The number of aromatic nitrogens is 4. The third kappa shape index (κ3) is 1.63. The summed E-state index contributed by atoms with van der Waals surface area (Å²) < 4.78 is 15.4. The third-order valence-electron chi connectivity index (χ3n) is 2.69. The van der Waals surface area contributed by atoms with E-state index in [1.807, 2.05) is 0 Å². The van der Waals surface area contributed by atoms with Crippen molar-refractivity contribution < 1.29 is 4.39 Å². The van der Waals surface area contributed by atoms with E-state index in [-0.39, 0.29) is 12.4 Å². The molecule has 0 aliphatic carbocycles. The molecule has 0 aliphatic heterocycles. The molecule has 3 rings (SSSR count). The predicted molar refractivity (Wildman–Crippen MR) is 64.5 cm³/mol. The van der Waals surface area contributed by atoms with Gasteiger partial charge in [-0.05, 0) is 12.1 Å². The topological polar surface area (TPSA) is 69.6 Å². The number of pyridine rings is 1. The number of hydrogen-bond acceptors (Lipinski definition) is 4. The van der Waals surface area contributed by atoms with Gasteiger partial charge in [-0.2, -0.15) is 5.10 Å². The number of hydrogen-bond donors (Lipinski definition) is 1. The molecule has 2 heterocycles. The Labute approximate surface area is 102 Å². The lowest BCUT2D eigenvalue weighted by Gasteiger charge is -2.06. The van der Waals surface area contributed by atoms with Gasteiger partial charge in [0.05, 0.1) is 12.2 Å². The first-order chi connectivity index (χ1) is 8.79. The smallest absolute Gasteiger partial charge is 0.151 e. The van der Waals surface area contributed by atoms with Crippen LogP contribution >= 0.6 is 0 Å². The van der Waals surface area contributed by atoms with Crippen LogP contribution in [-0.4, -0.2) is 19.7 Å². The molecule has 90 valence electrons. The first-order valence-corrected chi connectivity index (χ1v) is 5.43. The van der Waals surface area contributed by atoms with Crippen molar-refractivity contribution in [2.75, 3.05) is 0 Å². The summed E-state index contributed by atoms with van der Waals surface area (Å²) in [6, 6.07) is 6.74. The Hall–Kier alpha value is -2.34. The van der Waals surface area contributed by atoms with E-state index in [1.165, 1.54) is 17.1 Å². The number of halogens is 1. The quantitative estimate of drug-likeness (QED) is 0.738. The van der Waals surface area contributed by atoms with Gasteiger partial charge >= 0.3 is 0 Å². The summed E-state index contributed by atoms with van der Waals surface area (Å²) in [6.07, 6.45) is 2.96. The maximum Gasteiger partial charge on any atom is 0.151 e. The van der Waals surface area contributed by atoms with E-state index >= 15 is 0 Å². The van der Waals surface area contributed by atoms with E-state index in [4.69, 9.17) is 5.73 Å². The zero-order chi connectivity index (χ0) is 12.5. The molecule has 0 amide bonds. The zero-order valence-corrected chi connectivity index (χ0v) is 9.42. The molecule has 3 aromatic rings. The van der Waals surface area contributed by atoms with Gasteiger partial charge in [0.15, 0.2) is 5.82 Å². The summed E-state index contributed by atoms with van der Waals surface area (Å²) >= 11 is 0. The van der Waals surface area contributed by atoms with Crippen molar-refractivity contribution in [3.05, 3.63) is 48.4 Å². The number of nitrogens with two attached hydrogens (primary N) is 1. The SMILES string of the molecule is NCc1ncnn1-c1cc(F)c2ncccc2c1. The Bertz CT molecular complexity index is 707. The molecule has 6 heteroatoms. The molecule has 1 aromatic carbocycles. The van der Waals surface area contributed by atoms with Crippen LogP contribution < -0.4 is 5.73 Å². The first-order valence-electron chi connectivity index (χ1n) is 5.43. The number of benzene rings is 1. The van der Waals surface area contributed by atoms with Crippen LogP contribution in [0.15, 0.2) is 36.8 Å². The maximum absolute atomic E-state index is 13.9. The first kappa shape index (κ1) is 10.8. The summed E-state index contributed by atoms with van der Waals surface area (Å²) in [7, 11) is 0. The minimum atomic E-state index is -0.387. The molecule has 0 spiro atoms. The second kappa shape index (κ2) is 4.15. The fourth-order valence-corrected chi connectivity index (χ4v) is 1.88. The largest absolute Gasteiger partial charge is 0.324 e. The third-order valence-corrected chi connectivity index (χ3v) is 2.69. The van der Waals surface area contributed by atoms with Crippen LogP contribution in [0.2, 0.25) is 0 Å². The van der Waals surface area contributed by atoms with Crippen molar-refractivity contribution in [2.24, 2.45) is 5.73 Å². The van der Waals surface area contributed by atoms with Gasteiger partial charge in [0.2, 0.25) is 0 Å². The molecular weight excluding hydrogens is 233 g/mol. The minimum absolute atomic E-state index is 0.243. The average molecular weight is 243 g/mol. The van der Waals surface area contributed by atoms with Gasteiger partial charge < -0.3 is 5.73 Å². The second-order valence-corrected chi connectivity index (χ2v) is 3.79. The van der Waals surface area contributed by atoms with Crippen LogP contribution in [0.25, 0.3) is 16.6 Å². The maximum atomic E-state index is 13.9. The minimum Gasteiger partial charge on any atom is -0.324 e. The molecule has 2 aromatic heterocycles. The molecule has 5 nitrogen and oxygen atoms in total. The van der Waals surface area contributed by atoms with E-state index in [9.17, 15) is 4.39 Å². The van der Waals surface area contributed by atoms with E-state index < -0.39 is 0 Å². The van der Waals surface area contributed by atoms with Crippen LogP contribution in [0, 0.1) is 5.82 Å². The van der Waals surface area contributed by atoms with Crippen molar-refractivity contribution >= 4 is 10.9 Å². The van der Waals surface area contributed by atoms with E-state index in [0.29, 0.717) is 22.4 Å². The van der Waals surface area contributed by atoms with Crippen molar-refractivity contribution in [3.8, 4) is 5.69 Å². The number of nitrogens with zero attached hydrogens (tertiary/aromatic N) is 4. The zero-order valence-electron chi connectivity index (χ0n) is 9.42. The molecular formula is C12H10FN5. The number of rotatable bonds is 2. The lowest BCUT2D eigenvalue weighted by molar-refractivity contribution is 0.633. The summed E-state index contributed by atoms with van der Waals surface area (Å²) in [5.41, 5.74) is 6.49. The fourth-order valence-electron chi connectivity index (χ4n) is 1.88. The molecule has 0 radical (unpaired) electrons. The van der Waals surface area contributed by atoms with Crippen LogP contribution in [0.3, 0.4) is 0 Å². The van der Waals surface area contributed by atoms with Gasteiger partial charge in [0.1, 0.15) is 17.7 Å². The van der Waals surface area contributed by atoms with Gasteiger partial charge in [-0.15, -0.1) is 0 Å². The van der Waals surface area contributed by atoms with Crippen molar-refractivity contribution in [2.45, 2.75) is 6.54 Å². The fraction of sp³-hybridized carbons (Fsp3) is 0.0833. The molecule has 0 atom stereocenters. The van der Waals surface area contributed by atoms with Crippen LogP contribution in [0.5, 0.6) is 0 Å².